The number of rotatable bonds is 9. The molecule has 1 heterocycles. The molecule has 0 aromatic heterocycles. The van der Waals surface area contributed by atoms with E-state index in [-0.39, 0.29) is 11.9 Å². The van der Waals surface area contributed by atoms with E-state index in [2.05, 4.69) is 36.2 Å². The van der Waals surface area contributed by atoms with E-state index in [0.29, 0.717) is 32.1 Å². The van der Waals surface area contributed by atoms with E-state index in [1.54, 1.807) is 13.2 Å². The summed E-state index contributed by atoms with van der Waals surface area (Å²) in [6.45, 7) is 10.1. The van der Waals surface area contributed by atoms with Crippen LogP contribution in [0.25, 0.3) is 6.08 Å². The molecule has 0 saturated carbocycles. The Morgan fingerprint density at radius 1 is 1.16 bits per heavy atom. The van der Waals surface area contributed by atoms with Gasteiger partial charge in [-0.15, -0.1) is 0 Å². The first-order chi connectivity index (χ1) is 15.5. The molecule has 172 valence electrons. The topological polar surface area (TPSA) is 60.0 Å². The first-order valence-corrected chi connectivity index (χ1v) is 11.2. The highest BCUT2D eigenvalue weighted by Gasteiger charge is 2.24. The molecule has 1 atom stereocenters. The molecule has 0 spiro atoms. The summed E-state index contributed by atoms with van der Waals surface area (Å²) in [6.07, 6.45) is 3.47. The second-order valence-electron chi connectivity index (χ2n) is 7.95. The Morgan fingerprint density at radius 3 is 2.62 bits per heavy atom. The average Bonchev–Trinajstić information content (AvgIpc) is 2.80. The minimum atomic E-state index is -0.110. The van der Waals surface area contributed by atoms with Gasteiger partial charge in [-0.3, -0.25) is 9.69 Å². The van der Waals surface area contributed by atoms with Crippen LogP contribution in [0.2, 0.25) is 0 Å². The normalized spacial score (nSPS) is 15.5. The Bertz CT molecular complexity index is 935. The summed E-state index contributed by atoms with van der Waals surface area (Å²) in [6, 6.07) is 12.2. The zero-order valence-corrected chi connectivity index (χ0v) is 19.5. The van der Waals surface area contributed by atoms with E-state index >= 15 is 0 Å². The standard InChI is InChI=1S/C26H34N2O4/c1-5-32-24-10-8-22(17-25(24)30-4)23(28-12-14-31-15-13-28)18-27-26(29)11-9-21-7-6-19(2)16-20(21)3/h6-11,16-17,23H,5,12-15,18H2,1-4H3,(H,27,29)/b11-9+. The van der Waals surface area contributed by atoms with Crippen LogP contribution < -0.4 is 14.8 Å². The van der Waals surface area contributed by atoms with Gasteiger partial charge in [0.15, 0.2) is 11.5 Å². The highest BCUT2D eigenvalue weighted by molar-refractivity contribution is 5.91. The Hall–Kier alpha value is -2.83. The number of methoxy groups -OCH3 is 1. The van der Waals surface area contributed by atoms with Crippen LogP contribution in [0.5, 0.6) is 11.5 Å². The van der Waals surface area contributed by atoms with Gasteiger partial charge < -0.3 is 19.5 Å². The summed E-state index contributed by atoms with van der Waals surface area (Å²) in [7, 11) is 1.64. The number of nitrogens with one attached hydrogen (secondary N) is 1. The quantitative estimate of drug-likeness (QED) is 0.602. The highest BCUT2D eigenvalue weighted by atomic mass is 16.5. The third-order valence-electron chi connectivity index (χ3n) is 5.67. The zero-order chi connectivity index (χ0) is 22.9. The van der Waals surface area contributed by atoms with Crippen LogP contribution in [0.15, 0.2) is 42.5 Å². The van der Waals surface area contributed by atoms with Crippen LogP contribution in [-0.2, 0) is 9.53 Å². The number of ether oxygens (including phenoxy) is 3. The lowest BCUT2D eigenvalue weighted by atomic mass is 10.0. The van der Waals surface area contributed by atoms with Crippen molar-refractivity contribution < 1.29 is 19.0 Å². The molecule has 6 heteroatoms. The van der Waals surface area contributed by atoms with Crippen molar-refractivity contribution >= 4 is 12.0 Å². The molecule has 3 rings (SSSR count). The fraction of sp³-hybridized carbons (Fsp3) is 0.423. The second kappa shape index (κ2) is 11.7. The number of benzene rings is 2. The summed E-state index contributed by atoms with van der Waals surface area (Å²) >= 11 is 0. The fourth-order valence-corrected chi connectivity index (χ4v) is 3.95. The maximum atomic E-state index is 12.6. The minimum Gasteiger partial charge on any atom is -0.493 e. The molecule has 32 heavy (non-hydrogen) atoms. The van der Waals surface area contributed by atoms with Crippen molar-refractivity contribution in [2.75, 3.05) is 46.6 Å². The molecule has 1 amide bonds. The minimum absolute atomic E-state index is 0.0157. The lowest BCUT2D eigenvalue weighted by Crippen LogP contribution is -2.43. The molecule has 1 saturated heterocycles. The number of carbonyl (C=O) groups excluding carboxylic acids is 1. The maximum Gasteiger partial charge on any atom is 0.244 e. The zero-order valence-electron chi connectivity index (χ0n) is 19.5. The van der Waals surface area contributed by atoms with E-state index in [1.165, 1.54) is 5.56 Å². The van der Waals surface area contributed by atoms with Gasteiger partial charge in [-0.1, -0.05) is 29.8 Å². The fourth-order valence-electron chi connectivity index (χ4n) is 3.95. The Balaban J connectivity index is 1.73. The summed E-state index contributed by atoms with van der Waals surface area (Å²) in [5, 5.41) is 3.08. The van der Waals surface area contributed by atoms with Crippen LogP contribution in [0.3, 0.4) is 0 Å². The molecular weight excluding hydrogens is 404 g/mol. The van der Waals surface area contributed by atoms with E-state index in [4.69, 9.17) is 14.2 Å². The van der Waals surface area contributed by atoms with Gasteiger partial charge in [0.1, 0.15) is 0 Å². The maximum absolute atomic E-state index is 12.6. The molecule has 2 aromatic carbocycles. The largest absolute Gasteiger partial charge is 0.493 e. The molecule has 1 aliphatic rings. The van der Waals surface area contributed by atoms with Gasteiger partial charge in [0.05, 0.1) is 33.0 Å². The molecule has 1 unspecified atom stereocenters. The number of hydrogen-bond acceptors (Lipinski definition) is 5. The molecule has 6 nitrogen and oxygen atoms in total. The number of morpholine rings is 1. The predicted octanol–water partition coefficient (Wildman–Crippen LogP) is 3.91. The molecule has 0 radical (unpaired) electrons. The van der Waals surface area contributed by atoms with Crippen LogP contribution in [-0.4, -0.2) is 57.4 Å². The van der Waals surface area contributed by atoms with E-state index in [9.17, 15) is 4.79 Å². The van der Waals surface area contributed by atoms with Crippen LogP contribution in [0, 0.1) is 13.8 Å². The van der Waals surface area contributed by atoms with E-state index in [1.807, 2.05) is 37.3 Å². The van der Waals surface area contributed by atoms with Gasteiger partial charge in [-0.05, 0) is 55.7 Å². The van der Waals surface area contributed by atoms with Crippen molar-refractivity contribution in [2.24, 2.45) is 0 Å². The first kappa shape index (κ1) is 23.8. The Kier molecular flexibility index (Phi) is 8.71. The smallest absolute Gasteiger partial charge is 0.244 e. The van der Waals surface area contributed by atoms with Crippen molar-refractivity contribution in [3.63, 3.8) is 0 Å². The molecule has 0 bridgehead atoms. The first-order valence-electron chi connectivity index (χ1n) is 11.2. The summed E-state index contributed by atoms with van der Waals surface area (Å²) in [5.74, 6) is 1.31. The van der Waals surface area contributed by atoms with E-state index < -0.39 is 0 Å². The van der Waals surface area contributed by atoms with Gasteiger partial charge in [0.2, 0.25) is 5.91 Å². The van der Waals surface area contributed by atoms with Gasteiger partial charge >= 0.3 is 0 Å². The van der Waals surface area contributed by atoms with E-state index in [0.717, 1.165) is 35.5 Å². The average molecular weight is 439 g/mol. The molecule has 2 aromatic rings. The van der Waals surface area contributed by atoms with Crippen molar-refractivity contribution in [3.8, 4) is 11.5 Å². The third kappa shape index (κ3) is 6.34. The highest BCUT2D eigenvalue weighted by Crippen LogP contribution is 2.32. The van der Waals surface area contributed by atoms with Crippen molar-refractivity contribution in [2.45, 2.75) is 26.8 Å². The van der Waals surface area contributed by atoms with Crippen molar-refractivity contribution in [1.82, 2.24) is 10.2 Å². The second-order valence-corrected chi connectivity index (χ2v) is 7.95. The number of aryl methyl sites for hydroxylation is 2. The number of nitrogens with zero attached hydrogens (tertiary/aromatic N) is 1. The van der Waals surface area contributed by atoms with Crippen LogP contribution in [0.1, 0.15) is 35.2 Å². The lowest BCUT2D eigenvalue weighted by molar-refractivity contribution is -0.116. The van der Waals surface area contributed by atoms with Crippen molar-refractivity contribution in [3.05, 3.63) is 64.7 Å². The van der Waals surface area contributed by atoms with Gasteiger partial charge in [0, 0.05) is 25.7 Å². The number of carbonyl (C=O) groups is 1. The monoisotopic (exact) mass is 438 g/mol. The molecule has 0 aliphatic carbocycles. The number of hydrogen-bond donors (Lipinski definition) is 1. The molecule has 1 fully saturated rings. The van der Waals surface area contributed by atoms with Crippen LogP contribution in [0.4, 0.5) is 0 Å². The van der Waals surface area contributed by atoms with Gasteiger partial charge in [-0.2, -0.15) is 0 Å². The summed E-state index contributed by atoms with van der Waals surface area (Å²) in [4.78, 5) is 14.9. The molecular formula is C26H34N2O4. The summed E-state index contributed by atoms with van der Waals surface area (Å²) < 4.78 is 16.7. The predicted molar refractivity (Wildman–Crippen MR) is 127 cm³/mol. The SMILES string of the molecule is CCOc1ccc(C(CNC(=O)/C=C/c2ccc(C)cc2C)N2CCOCC2)cc1OC. The third-order valence-corrected chi connectivity index (χ3v) is 5.67. The lowest BCUT2D eigenvalue weighted by Gasteiger charge is -2.35. The Morgan fingerprint density at radius 2 is 1.94 bits per heavy atom. The number of amides is 1. The molecule has 1 N–H and O–H groups in total. The van der Waals surface area contributed by atoms with Gasteiger partial charge in [0.25, 0.3) is 0 Å². The Labute approximate surface area is 191 Å². The van der Waals surface area contributed by atoms with Crippen LogP contribution >= 0.6 is 0 Å². The molecule has 1 aliphatic heterocycles. The van der Waals surface area contributed by atoms with Gasteiger partial charge in [-0.25, -0.2) is 0 Å². The summed E-state index contributed by atoms with van der Waals surface area (Å²) in [5.41, 5.74) is 4.49. The van der Waals surface area contributed by atoms with Crippen molar-refractivity contribution in [1.29, 1.82) is 0 Å².